The van der Waals surface area contributed by atoms with Crippen LogP contribution in [0.25, 0.3) is 0 Å². The zero-order valence-electron chi connectivity index (χ0n) is 10.8. The molecule has 102 valence electrons. The Morgan fingerprint density at radius 2 is 2.11 bits per heavy atom. The van der Waals surface area contributed by atoms with Gasteiger partial charge in [-0.1, -0.05) is 12.1 Å². The minimum Gasteiger partial charge on any atom is -0.318 e. The standard InChI is InChI=1S/C14H18BrN3O/c15-12-5-1-2-6-13(12)18-9-8-17(14(18)19)11-4-3-7-16-10-11/h1-2,5-6,11,16H,3-4,7-10H2. The fraction of sp³-hybridized carbons (Fsp3) is 0.500. The molecular weight excluding hydrogens is 306 g/mol. The first kappa shape index (κ1) is 12.9. The predicted octanol–water partition coefficient (Wildman–Crippen LogP) is 2.44. The van der Waals surface area contributed by atoms with Crippen molar-refractivity contribution in [3.63, 3.8) is 0 Å². The van der Waals surface area contributed by atoms with Crippen LogP contribution >= 0.6 is 15.9 Å². The zero-order valence-corrected chi connectivity index (χ0v) is 12.4. The summed E-state index contributed by atoms with van der Waals surface area (Å²) in [6.45, 7) is 3.60. The summed E-state index contributed by atoms with van der Waals surface area (Å²) in [6.07, 6.45) is 2.27. The van der Waals surface area contributed by atoms with Crippen molar-refractivity contribution in [2.45, 2.75) is 18.9 Å². The van der Waals surface area contributed by atoms with Crippen LogP contribution in [0, 0.1) is 0 Å². The molecule has 3 rings (SSSR count). The topological polar surface area (TPSA) is 35.6 Å². The maximum absolute atomic E-state index is 12.6. The summed E-state index contributed by atoms with van der Waals surface area (Å²) < 4.78 is 0.979. The van der Waals surface area contributed by atoms with E-state index in [2.05, 4.69) is 21.2 Å². The number of halogens is 1. The van der Waals surface area contributed by atoms with E-state index in [1.54, 1.807) is 0 Å². The fourth-order valence-corrected chi connectivity index (χ4v) is 3.39. The average molecular weight is 324 g/mol. The minimum absolute atomic E-state index is 0.139. The zero-order chi connectivity index (χ0) is 13.2. The molecule has 1 aromatic rings. The number of rotatable bonds is 2. The average Bonchev–Trinajstić information content (AvgIpc) is 2.82. The lowest BCUT2D eigenvalue weighted by Crippen LogP contribution is -2.47. The first-order valence-corrected chi connectivity index (χ1v) is 7.60. The van der Waals surface area contributed by atoms with E-state index in [0.717, 1.165) is 49.2 Å². The van der Waals surface area contributed by atoms with Crippen LogP contribution in [-0.4, -0.2) is 43.2 Å². The van der Waals surface area contributed by atoms with Gasteiger partial charge in [0.15, 0.2) is 0 Å². The Balaban J connectivity index is 1.76. The van der Waals surface area contributed by atoms with Gasteiger partial charge in [-0.25, -0.2) is 4.79 Å². The lowest BCUT2D eigenvalue weighted by molar-refractivity contribution is 0.187. The van der Waals surface area contributed by atoms with E-state index in [0.29, 0.717) is 6.04 Å². The summed E-state index contributed by atoms with van der Waals surface area (Å²) in [5, 5.41) is 3.38. The number of carbonyl (C=O) groups is 1. The lowest BCUT2D eigenvalue weighted by Gasteiger charge is -2.31. The Morgan fingerprint density at radius 3 is 2.84 bits per heavy atom. The molecule has 1 N–H and O–H groups in total. The summed E-state index contributed by atoms with van der Waals surface area (Å²) in [5.41, 5.74) is 0.971. The molecule has 2 saturated heterocycles. The van der Waals surface area contributed by atoms with Gasteiger partial charge < -0.3 is 10.2 Å². The molecule has 2 heterocycles. The Kier molecular flexibility index (Phi) is 3.75. The number of urea groups is 1. The van der Waals surface area contributed by atoms with Crippen molar-refractivity contribution in [2.24, 2.45) is 0 Å². The molecule has 2 aliphatic heterocycles. The van der Waals surface area contributed by atoms with Crippen molar-refractivity contribution in [3.8, 4) is 0 Å². The highest BCUT2D eigenvalue weighted by Gasteiger charge is 2.35. The second-order valence-corrected chi connectivity index (χ2v) is 5.93. The third kappa shape index (κ3) is 2.49. The molecule has 0 radical (unpaired) electrons. The third-order valence-electron chi connectivity index (χ3n) is 3.90. The van der Waals surface area contributed by atoms with Gasteiger partial charge in [0, 0.05) is 30.1 Å². The molecule has 4 nitrogen and oxygen atoms in total. The number of benzene rings is 1. The number of para-hydroxylation sites is 1. The monoisotopic (exact) mass is 323 g/mol. The summed E-state index contributed by atoms with van der Waals surface area (Å²) >= 11 is 3.52. The molecule has 19 heavy (non-hydrogen) atoms. The number of carbonyl (C=O) groups excluding carboxylic acids is 1. The molecular formula is C14H18BrN3O. The Hall–Kier alpha value is -1.07. The molecule has 5 heteroatoms. The fourth-order valence-electron chi connectivity index (χ4n) is 2.89. The van der Waals surface area contributed by atoms with Crippen molar-refractivity contribution < 1.29 is 4.79 Å². The molecule has 0 saturated carbocycles. The molecule has 0 spiro atoms. The number of piperidine rings is 1. The van der Waals surface area contributed by atoms with Crippen LogP contribution in [0.1, 0.15) is 12.8 Å². The number of hydrogen-bond acceptors (Lipinski definition) is 2. The van der Waals surface area contributed by atoms with E-state index in [9.17, 15) is 4.79 Å². The van der Waals surface area contributed by atoms with Crippen molar-refractivity contribution in [1.82, 2.24) is 10.2 Å². The van der Waals surface area contributed by atoms with Gasteiger partial charge in [0.2, 0.25) is 0 Å². The van der Waals surface area contributed by atoms with Crippen LogP contribution in [0.15, 0.2) is 28.7 Å². The molecule has 1 aromatic carbocycles. The van der Waals surface area contributed by atoms with E-state index in [1.807, 2.05) is 34.1 Å². The van der Waals surface area contributed by atoms with Gasteiger partial charge >= 0.3 is 6.03 Å². The SMILES string of the molecule is O=C1N(c2ccccc2Br)CCN1C1CCCNC1. The van der Waals surface area contributed by atoms with E-state index in [4.69, 9.17) is 0 Å². The van der Waals surface area contributed by atoms with E-state index in [1.165, 1.54) is 0 Å². The molecule has 2 fully saturated rings. The highest BCUT2D eigenvalue weighted by Crippen LogP contribution is 2.29. The molecule has 2 aliphatic rings. The Morgan fingerprint density at radius 1 is 1.26 bits per heavy atom. The number of anilines is 1. The largest absolute Gasteiger partial charge is 0.324 e. The normalized spacial score (nSPS) is 24.1. The molecule has 0 bridgehead atoms. The van der Waals surface area contributed by atoms with Crippen LogP contribution in [0.4, 0.5) is 10.5 Å². The smallest absolute Gasteiger partial charge is 0.318 e. The number of hydrogen-bond donors (Lipinski definition) is 1. The van der Waals surface area contributed by atoms with Crippen molar-refractivity contribution in [3.05, 3.63) is 28.7 Å². The molecule has 0 aliphatic carbocycles. The highest BCUT2D eigenvalue weighted by molar-refractivity contribution is 9.10. The van der Waals surface area contributed by atoms with Crippen molar-refractivity contribution >= 4 is 27.6 Å². The van der Waals surface area contributed by atoms with Gasteiger partial charge in [-0.2, -0.15) is 0 Å². The highest BCUT2D eigenvalue weighted by atomic mass is 79.9. The van der Waals surface area contributed by atoms with Crippen LogP contribution < -0.4 is 10.2 Å². The van der Waals surface area contributed by atoms with Gasteiger partial charge in [-0.3, -0.25) is 4.90 Å². The quantitative estimate of drug-likeness (QED) is 0.907. The second kappa shape index (κ2) is 5.51. The van der Waals surface area contributed by atoms with E-state index >= 15 is 0 Å². The van der Waals surface area contributed by atoms with Crippen LogP contribution in [0.3, 0.4) is 0 Å². The van der Waals surface area contributed by atoms with Gasteiger partial charge in [0.1, 0.15) is 0 Å². The lowest BCUT2D eigenvalue weighted by atomic mass is 10.1. The minimum atomic E-state index is 0.139. The summed E-state index contributed by atoms with van der Waals surface area (Å²) in [6, 6.07) is 8.40. The van der Waals surface area contributed by atoms with Gasteiger partial charge in [0.25, 0.3) is 0 Å². The first-order chi connectivity index (χ1) is 9.27. The predicted molar refractivity (Wildman–Crippen MR) is 79.5 cm³/mol. The summed E-state index contributed by atoms with van der Waals surface area (Å²) in [4.78, 5) is 16.5. The molecule has 0 aromatic heterocycles. The molecule has 1 unspecified atom stereocenters. The van der Waals surface area contributed by atoms with Gasteiger partial charge in [0.05, 0.1) is 5.69 Å². The van der Waals surface area contributed by atoms with Gasteiger partial charge in [-0.05, 0) is 47.4 Å². The van der Waals surface area contributed by atoms with Crippen molar-refractivity contribution in [2.75, 3.05) is 31.1 Å². The second-order valence-electron chi connectivity index (χ2n) is 5.08. The van der Waals surface area contributed by atoms with Crippen LogP contribution in [-0.2, 0) is 0 Å². The third-order valence-corrected chi connectivity index (χ3v) is 4.57. The van der Waals surface area contributed by atoms with Gasteiger partial charge in [-0.15, -0.1) is 0 Å². The van der Waals surface area contributed by atoms with Crippen LogP contribution in [0.5, 0.6) is 0 Å². The molecule has 1 atom stereocenters. The maximum atomic E-state index is 12.6. The number of nitrogens with zero attached hydrogens (tertiary/aromatic N) is 2. The maximum Gasteiger partial charge on any atom is 0.324 e. The number of amides is 2. The van der Waals surface area contributed by atoms with E-state index < -0.39 is 0 Å². The Bertz CT molecular complexity index is 474. The van der Waals surface area contributed by atoms with Crippen LogP contribution in [0.2, 0.25) is 0 Å². The summed E-state index contributed by atoms with van der Waals surface area (Å²) in [7, 11) is 0. The first-order valence-electron chi connectivity index (χ1n) is 6.81. The Labute approximate surface area is 121 Å². The number of nitrogens with one attached hydrogen (secondary N) is 1. The van der Waals surface area contributed by atoms with E-state index in [-0.39, 0.29) is 6.03 Å². The van der Waals surface area contributed by atoms with Crippen molar-refractivity contribution in [1.29, 1.82) is 0 Å². The summed E-state index contributed by atoms with van der Waals surface area (Å²) in [5.74, 6) is 0. The molecule has 2 amide bonds.